The Bertz CT molecular complexity index is 810. The molecule has 2 atom stereocenters. The molecule has 8 heteroatoms. The second kappa shape index (κ2) is 19.3. The van der Waals surface area contributed by atoms with Gasteiger partial charge in [0.05, 0.1) is 12.0 Å². The van der Waals surface area contributed by atoms with E-state index in [0.717, 1.165) is 25.7 Å². The van der Waals surface area contributed by atoms with E-state index < -0.39 is 28.7 Å². The number of amides is 2. The number of unbranched alkanes of at least 4 members (excludes halogenated alkanes) is 11. The number of carboxylic acid groups (broad SMARTS) is 1. The molecule has 0 radical (unpaired) electrons. The molecule has 238 valence electrons. The lowest BCUT2D eigenvalue weighted by Gasteiger charge is -2.45. The molecule has 0 aromatic heterocycles. The molecule has 8 nitrogen and oxygen atoms in total. The van der Waals surface area contributed by atoms with E-state index in [4.69, 9.17) is 9.47 Å². The van der Waals surface area contributed by atoms with Gasteiger partial charge in [-0.05, 0) is 59.3 Å². The number of nitrogens with one attached hydrogen (secondary N) is 2. The van der Waals surface area contributed by atoms with Crippen LogP contribution in [0.15, 0.2) is 12.2 Å². The van der Waals surface area contributed by atoms with Crippen LogP contribution in [0.2, 0.25) is 0 Å². The van der Waals surface area contributed by atoms with Crippen LogP contribution in [0, 0.1) is 10.8 Å². The quantitative estimate of drug-likeness (QED) is 0.0947. The summed E-state index contributed by atoms with van der Waals surface area (Å²) in [6, 6.07) is 0. The Morgan fingerprint density at radius 3 is 2.02 bits per heavy atom. The minimum Gasteiger partial charge on any atom is -0.481 e. The van der Waals surface area contributed by atoms with E-state index in [0.29, 0.717) is 13.0 Å². The average Bonchev–Trinajstić information content (AvgIpc) is 2.91. The predicted octanol–water partition coefficient (Wildman–Crippen LogP) is 6.92. The molecular formula is C33H60N2O6. The fourth-order valence-corrected chi connectivity index (χ4v) is 4.89. The third kappa shape index (κ3) is 15.8. The molecule has 1 heterocycles. The Morgan fingerprint density at radius 2 is 1.44 bits per heavy atom. The molecule has 41 heavy (non-hydrogen) atoms. The van der Waals surface area contributed by atoms with Gasteiger partial charge in [0.2, 0.25) is 11.8 Å². The molecule has 1 rings (SSSR count). The lowest BCUT2D eigenvalue weighted by molar-refractivity contribution is -0.304. The zero-order chi connectivity index (χ0) is 30.8. The molecule has 0 spiro atoms. The van der Waals surface area contributed by atoms with E-state index in [1.54, 1.807) is 20.8 Å². The van der Waals surface area contributed by atoms with E-state index in [9.17, 15) is 19.5 Å². The van der Waals surface area contributed by atoms with Crippen LogP contribution in [0.3, 0.4) is 0 Å². The first kappa shape index (κ1) is 37.1. The van der Waals surface area contributed by atoms with Crippen molar-refractivity contribution in [2.45, 2.75) is 150 Å². The zero-order valence-corrected chi connectivity index (χ0v) is 26.9. The first-order chi connectivity index (χ1) is 19.3. The SMILES string of the molecule is CCCCCCCC/C=C\CCCCCCCC(=O)NCCC(C)(CNC(=O)C1OC(C)(C)OCC1(C)C)C(=O)O. The van der Waals surface area contributed by atoms with Gasteiger partial charge in [-0.2, -0.15) is 0 Å². The molecule has 0 aromatic carbocycles. The van der Waals surface area contributed by atoms with Crippen LogP contribution in [0.1, 0.15) is 138 Å². The van der Waals surface area contributed by atoms with Gasteiger partial charge in [0.25, 0.3) is 0 Å². The zero-order valence-electron chi connectivity index (χ0n) is 26.9. The molecule has 0 bridgehead atoms. The molecule has 1 aliphatic heterocycles. The number of carbonyl (C=O) groups is 3. The maximum Gasteiger partial charge on any atom is 0.311 e. The molecule has 0 aromatic rings. The summed E-state index contributed by atoms with van der Waals surface area (Å²) in [7, 11) is 0. The summed E-state index contributed by atoms with van der Waals surface area (Å²) in [5.74, 6) is -2.31. The standard InChI is InChI=1S/C33H60N2O6/c1-7-8-9-10-11-12-13-14-15-16-17-18-19-20-21-22-27(36)34-24-23-33(6,30(38)39)25-35-29(37)28-31(2,3)26-40-32(4,5)41-28/h14-15,28H,7-13,16-26H2,1-6H3,(H,34,36)(H,35,37)(H,38,39)/b15-14-. The average molecular weight is 581 g/mol. The normalized spacial score (nSPS) is 19.5. The van der Waals surface area contributed by atoms with Gasteiger partial charge in [0.15, 0.2) is 5.79 Å². The van der Waals surface area contributed by atoms with Gasteiger partial charge < -0.3 is 25.2 Å². The van der Waals surface area contributed by atoms with Crippen LogP contribution in [-0.2, 0) is 23.9 Å². The molecule has 2 amide bonds. The largest absolute Gasteiger partial charge is 0.481 e. The van der Waals surface area contributed by atoms with Crippen molar-refractivity contribution in [2.24, 2.45) is 10.8 Å². The predicted molar refractivity (Wildman–Crippen MR) is 165 cm³/mol. The van der Waals surface area contributed by atoms with Gasteiger partial charge >= 0.3 is 5.97 Å². The molecule has 3 N–H and O–H groups in total. The highest BCUT2D eigenvalue weighted by Crippen LogP contribution is 2.35. The van der Waals surface area contributed by atoms with Crippen molar-refractivity contribution in [1.29, 1.82) is 0 Å². The summed E-state index contributed by atoms with van der Waals surface area (Å²) in [6.07, 6.45) is 20.3. The van der Waals surface area contributed by atoms with E-state index >= 15 is 0 Å². The fraction of sp³-hybridized carbons (Fsp3) is 0.848. The van der Waals surface area contributed by atoms with Crippen LogP contribution >= 0.6 is 0 Å². The van der Waals surface area contributed by atoms with Gasteiger partial charge in [0, 0.05) is 24.9 Å². The summed E-state index contributed by atoms with van der Waals surface area (Å²) in [6.45, 7) is 11.7. The van der Waals surface area contributed by atoms with Gasteiger partial charge in [0.1, 0.15) is 6.10 Å². The van der Waals surface area contributed by atoms with Crippen molar-refractivity contribution >= 4 is 17.8 Å². The van der Waals surface area contributed by atoms with Crippen molar-refractivity contribution < 1.29 is 29.0 Å². The summed E-state index contributed by atoms with van der Waals surface area (Å²) < 4.78 is 11.5. The van der Waals surface area contributed by atoms with Crippen LogP contribution in [0.5, 0.6) is 0 Å². The van der Waals surface area contributed by atoms with E-state index in [1.165, 1.54) is 57.8 Å². The smallest absolute Gasteiger partial charge is 0.311 e. The van der Waals surface area contributed by atoms with Crippen molar-refractivity contribution in [3.8, 4) is 0 Å². The van der Waals surface area contributed by atoms with Gasteiger partial charge in [-0.25, -0.2) is 0 Å². The molecular weight excluding hydrogens is 520 g/mol. The number of allylic oxidation sites excluding steroid dienone is 2. The topological polar surface area (TPSA) is 114 Å². The third-order valence-electron chi connectivity index (χ3n) is 7.98. The monoisotopic (exact) mass is 580 g/mol. The number of rotatable bonds is 22. The lowest BCUT2D eigenvalue weighted by Crippen LogP contribution is -2.57. The highest BCUT2D eigenvalue weighted by Gasteiger charge is 2.46. The Balaban J connectivity index is 2.19. The Morgan fingerprint density at radius 1 is 0.878 bits per heavy atom. The lowest BCUT2D eigenvalue weighted by atomic mass is 9.84. The summed E-state index contributed by atoms with van der Waals surface area (Å²) >= 11 is 0. The second-order valence-corrected chi connectivity index (χ2v) is 13.2. The van der Waals surface area contributed by atoms with Gasteiger partial charge in [-0.3, -0.25) is 14.4 Å². The van der Waals surface area contributed by atoms with Crippen LogP contribution in [-0.4, -0.2) is 54.5 Å². The fourth-order valence-electron chi connectivity index (χ4n) is 4.89. The number of hydrogen-bond acceptors (Lipinski definition) is 5. The van der Waals surface area contributed by atoms with Crippen molar-refractivity contribution in [2.75, 3.05) is 19.7 Å². The highest BCUT2D eigenvalue weighted by atomic mass is 16.7. The minimum absolute atomic E-state index is 0.0531. The van der Waals surface area contributed by atoms with E-state index in [1.807, 2.05) is 13.8 Å². The molecule has 1 saturated heterocycles. The minimum atomic E-state index is -1.21. The molecule has 0 aliphatic carbocycles. The Hall–Kier alpha value is -1.93. The van der Waals surface area contributed by atoms with Crippen LogP contribution in [0.25, 0.3) is 0 Å². The number of ether oxygens (including phenoxy) is 2. The first-order valence-electron chi connectivity index (χ1n) is 16.1. The van der Waals surface area contributed by atoms with E-state index in [2.05, 4.69) is 29.7 Å². The molecule has 0 saturated carbocycles. The second-order valence-electron chi connectivity index (χ2n) is 13.2. The van der Waals surface area contributed by atoms with Crippen molar-refractivity contribution in [3.63, 3.8) is 0 Å². The summed E-state index contributed by atoms with van der Waals surface area (Å²) in [5, 5.41) is 15.5. The number of carbonyl (C=O) groups excluding carboxylic acids is 2. The van der Waals surface area contributed by atoms with Gasteiger partial charge in [-0.15, -0.1) is 0 Å². The Labute approximate surface area is 249 Å². The van der Waals surface area contributed by atoms with E-state index in [-0.39, 0.29) is 31.3 Å². The highest BCUT2D eigenvalue weighted by molar-refractivity contribution is 5.83. The maximum atomic E-state index is 12.9. The number of aliphatic carboxylic acids is 1. The molecule has 1 aliphatic rings. The van der Waals surface area contributed by atoms with Crippen molar-refractivity contribution in [3.05, 3.63) is 12.2 Å². The van der Waals surface area contributed by atoms with Crippen LogP contribution in [0.4, 0.5) is 0 Å². The molecule has 1 fully saturated rings. The van der Waals surface area contributed by atoms with Crippen molar-refractivity contribution in [1.82, 2.24) is 10.6 Å². The number of carboxylic acids is 1. The first-order valence-corrected chi connectivity index (χ1v) is 16.1. The van der Waals surface area contributed by atoms with Crippen LogP contribution < -0.4 is 10.6 Å². The Kier molecular flexibility index (Phi) is 17.5. The number of hydrogen-bond donors (Lipinski definition) is 3. The summed E-state index contributed by atoms with van der Waals surface area (Å²) in [4.78, 5) is 37.2. The maximum absolute atomic E-state index is 12.9. The molecule has 2 unspecified atom stereocenters. The van der Waals surface area contributed by atoms with Gasteiger partial charge in [-0.1, -0.05) is 84.3 Å². The summed E-state index contributed by atoms with van der Waals surface area (Å²) in [5.41, 5.74) is -1.76. The third-order valence-corrected chi connectivity index (χ3v) is 7.98.